The van der Waals surface area contributed by atoms with E-state index in [-0.39, 0.29) is 12.7 Å². The molecule has 0 aliphatic heterocycles. The fourth-order valence-corrected chi connectivity index (χ4v) is 5.84. The number of hydrogen-bond donors (Lipinski definition) is 1. The number of fused-ring (bicyclic) bond motifs is 3. The number of rotatable bonds is 8. The maximum atomic E-state index is 9.71. The standard InChI is InChI=1S/C26H23N3O3S2/c1-16(15-30)31-8-7-29(2)25-12-18-9-17-10-20(33-23(17)13-24(18)34-25)11-19(14-27)26-28-21-5-3-4-6-22(21)32-26/h3-6,9-13,16,30H,7-8,15H2,1-2H3/b19-11+. The van der Waals surface area contributed by atoms with Crippen LogP contribution in [0.25, 0.3) is 42.9 Å². The van der Waals surface area contributed by atoms with Crippen LogP contribution < -0.4 is 4.90 Å². The Morgan fingerprint density at radius 1 is 1.21 bits per heavy atom. The summed E-state index contributed by atoms with van der Waals surface area (Å²) in [6.45, 7) is 3.22. The van der Waals surface area contributed by atoms with Crippen LogP contribution in [0.3, 0.4) is 0 Å². The van der Waals surface area contributed by atoms with Gasteiger partial charge < -0.3 is 19.2 Å². The monoisotopic (exact) mass is 489 g/mol. The molecule has 3 aromatic heterocycles. The number of nitrogens with zero attached hydrogens (tertiary/aromatic N) is 3. The summed E-state index contributed by atoms with van der Waals surface area (Å²) in [6, 6.07) is 18.4. The molecule has 5 rings (SSSR count). The number of aliphatic hydroxyl groups is 1. The maximum Gasteiger partial charge on any atom is 0.238 e. The van der Waals surface area contributed by atoms with E-state index in [9.17, 15) is 5.26 Å². The van der Waals surface area contributed by atoms with Gasteiger partial charge in [0.2, 0.25) is 5.89 Å². The van der Waals surface area contributed by atoms with Crippen molar-refractivity contribution in [3.8, 4) is 6.07 Å². The molecule has 172 valence electrons. The summed E-state index contributed by atoms with van der Waals surface area (Å²) in [5.74, 6) is 0.340. The van der Waals surface area contributed by atoms with Gasteiger partial charge in [0, 0.05) is 27.9 Å². The predicted octanol–water partition coefficient (Wildman–Crippen LogP) is 6.15. The summed E-state index contributed by atoms with van der Waals surface area (Å²) in [4.78, 5) is 7.62. The minimum Gasteiger partial charge on any atom is -0.435 e. The second-order valence-electron chi connectivity index (χ2n) is 8.10. The van der Waals surface area contributed by atoms with E-state index < -0.39 is 0 Å². The van der Waals surface area contributed by atoms with Crippen molar-refractivity contribution in [1.29, 1.82) is 5.26 Å². The highest BCUT2D eigenvalue weighted by atomic mass is 32.1. The molecule has 0 saturated carbocycles. The molecule has 3 heterocycles. The van der Waals surface area contributed by atoms with Gasteiger partial charge in [-0.05, 0) is 60.2 Å². The second-order valence-corrected chi connectivity index (χ2v) is 10.3. The number of anilines is 1. The molecule has 8 heteroatoms. The molecule has 6 nitrogen and oxygen atoms in total. The van der Waals surface area contributed by atoms with Crippen LogP contribution in [0.15, 0.2) is 52.9 Å². The summed E-state index contributed by atoms with van der Waals surface area (Å²) < 4.78 is 13.8. The first-order valence-electron chi connectivity index (χ1n) is 10.9. The van der Waals surface area contributed by atoms with Crippen LogP contribution in [0.5, 0.6) is 0 Å². The average Bonchev–Trinajstić information content (AvgIpc) is 3.55. The number of para-hydroxylation sites is 2. The van der Waals surface area contributed by atoms with E-state index in [0.717, 1.165) is 22.3 Å². The average molecular weight is 490 g/mol. The summed E-state index contributed by atoms with van der Waals surface area (Å²) in [7, 11) is 2.05. The quantitative estimate of drug-likeness (QED) is 0.263. The lowest BCUT2D eigenvalue weighted by molar-refractivity contribution is 0.0291. The van der Waals surface area contributed by atoms with Gasteiger partial charge in [-0.25, -0.2) is 4.98 Å². The van der Waals surface area contributed by atoms with E-state index in [4.69, 9.17) is 14.3 Å². The first-order valence-corrected chi connectivity index (χ1v) is 12.6. The first kappa shape index (κ1) is 22.6. The third-order valence-corrected chi connectivity index (χ3v) is 7.81. The van der Waals surface area contributed by atoms with Gasteiger partial charge in [-0.15, -0.1) is 22.7 Å². The molecule has 1 atom stereocenters. The van der Waals surface area contributed by atoms with E-state index in [1.807, 2.05) is 37.3 Å². The molecular formula is C26H23N3O3S2. The van der Waals surface area contributed by atoms with Crippen molar-refractivity contribution in [2.45, 2.75) is 13.0 Å². The van der Waals surface area contributed by atoms with Crippen molar-refractivity contribution in [2.75, 3.05) is 31.7 Å². The lowest BCUT2D eigenvalue weighted by Crippen LogP contribution is -2.24. The SMILES string of the molecule is CC(CO)OCCN(C)c1cc2cc3cc(/C=C(\C#N)c4nc5ccccc5o4)sc3cc2s1. The van der Waals surface area contributed by atoms with E-state index in [0.29, 0.717) is 23.7 Å². The Labute approximate surface area is 204 Å². The molecule has 0 radical (unpaired) electrons. The van der Waals surface area contributed by atoms with Crippen molar-refractivity contribution in [1.82, 2.24) is 4.98 Å². The minimum absolute atomic E-state index is 0.0329. The van der Waals surface area contributed by atoms with Crippen LogP contribution in [0.1, 0.15) is 17.7 Å². The van der Waals surface area contributed by atoms with Gasteiger partial charge in [0.05, 0.1) is 24.3 Å². The molecule has 1 unspecified atom stereocenters. The highest BCUT2D eigenvalue weighted by molar-refractivity contribution is 7.24. The van der Waals surface area contributed by atoms with Gasteiger partial charge in [-0.3, -0.25) is 0 Å². The van der Waals surface area contributed by atoms with Gasteiger partial charge in [0.1, 0.15) is 17.2 Å². The summed E-state index contributed by atoms with van der Waals surface area (Å²) >= 11 is 3.39. The molecule has 0 fully saturated rings. The molecule has 34 heavy (non-hydrogen) atoms. The highest BCUT2D eigenvalue weighted by Gasteiger charge is 2.13. The maximum absolute atomic E-state index is 9.71. The fraction of sp³-hybridized carbons (Fsp3) is 0.231. The number of nitriles is 1. The topological polar surface area (TPSA) is 82.5 Å². The number of aliphatic hydroxyl groups excluding tert-OH is 1. The van der Waals surface area contributed by atoms with E-state index in [1.165, 1.54) is 19.8 Å². The fourth-order valence-electron chi connectivity index (χ4n) is 3.67. The normalized spacial score (nSPS) is 13.1. The van der Waals surface area contributed by atoms with Gasteiger partial charge in [0.25, 0.3) is 0 Å². The number of likely N-dealkylation sites (N-methyl/N-ethyl adjacent to an activating group) is 1. The Balaban J connectivity index is 1.39. The molecule has 2 aromatic carbocycles. The van der Waals surface area contributed by atoms with Crippen LogP contribution in [0, 0.1) is 11.3 Å². The molecule has 0 spiro atoms. The highest BCUT2D eigenvalue weighted by Crippen LogP contribution is 2.38. The van der Waals surface area contributed by atoms with Gasteiger partial charge in [0.15, 0.2) is 5.58 Å². The van der Waals surface area contributed by atoms with Gasteiger partial charge in [-0.1, -0.05) is 12.1 Å². The Bertz CT molecular complexity index is 1460. The number of aromatic nitrogens is 1. The number of allylic oxidation sites excluding steroid dienone is 1. The summed E-state index contributed by atoms with van der Waals surface area (Å²) in [5, 5.41) is 22.3. The zero-order chi connectivity index (χ0) is 23.7. The number of hydrogen-bond acceptors (Lipinski definition) is 8. The lowest BCUT2D eigenvalue weighted by Gasteiger charge is -2.18. The lowest BCUT2D eigenvalue weighted by atomic mass is 10.2. The Hall–Kier alpha value is -3.22. The minimum atomic E-state index is -0.144. The zero-order valence-electron chi connectivity index (χ0n) is 18.8. The largest absolute Gasteiger partial charge is 0.435 e. The molecular weight excluding hydrogens is 466 g/mol. The molecule has 1 N–H and O–H groups in total. The van der Waals surface area contributed by atoms with E-state index >= 15 is 0 Å². The van der Waals surface area contributed by atoms with Gasteiger partial charge in [-0.2, -0.15) is 5.26 Å². The van der Waals surface area contributed by atoms with Crippen molar-refractivity contribution < 1.29 is 14.3 Å². The Kier molecular flexibility index (Phi) is 6.35. The van der Waals surface area contributed by atoms with E-state index in [1.54, 1.807) is 22.7 Å². The third-order valence-electron chi connectivity index (χ3n) is 5.56. The summed E-state index contributed by atoms with van der Waals surface area (Å²) in [6.07, 6.45) is 1.70. The van der Waals surface area contributed by atoms with Crippen LogP contribution in [0.4, 0.5) is 5.00 Å². The van der Waals surface area contributed by atoms with Crippen LogP contribution >= 0.6 is 22.7 Å². The van der Waals surface area contributed by atoms with Crippen molar-refractivity contribution >= 4 is 70.6 Å². The second kappa shape index (κ2) is 9.57. The molecule has 0 aliphatic rings. The molecule has 0 amide bonds. The predicted molar refractivity (Wildman–Crippen MR) is 140 cm³/mol. The van der Waals surface area contributed by atoms with Crippen LogP contribution in [-0.4, -0.2) is 43.0 Å². The van der Waals surface area contributed by atoms with Crippen molar-refractivity contribution in [3.05, 3.63) is 59.3 Å². The van der Waals surface area contributed by atoms with Crippen LogP contribution in [0.2, 0.25) is 0 Å². The number of ether oxygens (including phenoxy) is 1. The first-order chi connectivity index (χ1) is 16.5. The van der Waals surface area contributed by atoms with Crippen LogP contribution in [-0.2, 0) is 4.74 Å². The number of oxazole rings is 1. The molecule has 0 bridgehead atoms. The van der Waals surface area contributed by atoms with Crippen molar-refractivity contribution in [3.63, 3.8) is 0 Å². The molecule has 5 aromatic rings. The summed E-state index contributed by atoms with van der Waals surface area (Å²) in [5.41, 5.74) is 1.82. The smallest absolute Gasteiger partial charge is 0.238 e. The number of benzene rings is 2. The Morgan fingerprint density at radius 2 is 2.00 bits per heavy atom. The number of thiophene rings is 2. The Morgan fingerprint density at radius 3 is 2.79 bits per heavy atom. The molecule has 0 saturated heterocycles. The molecule has 0 aliphatic carbocycles. The van der Waals surface area contributed by atoms with E-state index in [2.05, 4.69) is 47.3 Å². The van der Waals surface area contributed by atoms with Gasteiger partial charge >= 0.3 is 0 Å². The van der Waals surface area contributed by atoms with Crippen molar-refractivity contribution in [2.24, 2.45) is 0 Å². The third kappa shape index (κ3) is 4.56. The zero-order valence-corrected chi connectivity index (χ0v) is 20.4.